The normalized spacial score (nSPS) is 12.6. The van der Waals surface area contributed by atoms with Gasteiger partial charge in [0.15, 0.2) is 6.04 Å². The number of anilines is 1. The number of nitrogens with one attached hydrogen (secondary N) is 2. The van der Waals surface area contributed by atoms with Crippen LogP contribution in [0.2, 0.25) is 0 Å². The molecule has 10 heteroatoms. The van der Waals surface area contributed by atoms with Crippen LogP contribution in [0.15, 0.2) is 22.7 Å². The number of aliphatic hydroxyl groups is 1. The van der Waals surface area contributed by atoms with E-state index in [1.807, 2.05) is 5.32 Å². The number of carbonyl (C=O) groups is 2. The minimum atomic E-state index is -4.59. The van der Waals surface area contributed by atoms with Gasteiger partial charge < -0.3 is 20.8 Å². The number of carboxylic acids is 1. The zero-order valence-electron chi connectivity index (χ0n) is 10.2. The molecule has 6 nitrogen and oxygen atoms in total. The molecule has 1 rings (SSSR count). The van der Waals surface area contributed by atoms with Crippen LogP contribution in [0.3, 0.4) is 0 Å². The average Bonchev–Trinajstić information content (AvgIpc) is 2.33. The van der Waals surface area contributed by atoms with Crippen molar-refractivity contribution in [2.75, 3.05) is 11.9 Å². The smallest absolute Gasteiger partial charge is 0.416 e. The lowest BCUT2D eigenvalue weighted by Gasteiger charge is -2.14. The summed E-state index contributed by atoms with van der Waals surface area (Å²) in [5.74, 6) is -1.47. The highest BCUT2D eigenvalue weighted by Gasteiger charge is 2.31. The van der Waals surface area contributed by atoms with Crippen LogP contribution in [0.25, 0.3) is 0 Å². The first-order chi connectivity index (χ1) is 9.63. The van der Waals surface area contributed by atoms with Gasteiger partial charge in [0.05, 0.1) is 12.2 Å². The van der Waals surface area contributed by atoms with Gasteiger partial charge in [0.25, 0.3) is 0 Å². The van der Waals surface area contributed by atoms with Crippen molar-refractivity contribution in [3.63, 3.8) is 0 Å². The van der Waals surface area contributed by atoms with E-state index in [2.05, 4.69) is 21.2 Å². The summed E-state index contributed by atoms with van der Waals surface area (Å²) in [7, 11) is 0. The van der Waals surface area contributed by atoms with Gasteiger partial charge in [-0.05, 0) is 18.2 Å². The van der Waals surface area contributed by atoms with Crippen LogP contribution >= 0.6 is 15.9 Å². The third-order valence-electron chi connectivity index (χ3n) is 2.27. The van der Waals surface area contributed by atoms with Crippen LogP contribution < -0.4 is 10.6 Å². The molecule has 0 radical (unpaired) electrons. The van der Waals surface area contributed by atoms with Gasteiger partial charge in [-0.25, -0.2) is 9.59 Å². The molecule has 0 fully saturated rings. The number of halogens is 4. The second-order valence-electron chi connectivity index (χ2n) is 3.90. The summed E-state index contributed by atoms with van der Waals surface area (Å²) in [6.45, 7) is -0.852. The van der Waals surface area contributed by atoms with Crippen molar-refractivity contribution in [1.29, 1.82) is 0 Å². The third-order valence-corrected chi connectivity index (χ3v) is 2.73. The fourth-order valence-corrected chi connectivity index (χ4v) is 1.83. The van der Waals surface area contributed by atoms with Gasteiger partial charge in [0, 0.05) is 10.2 Å². The summed E-state index contributed by atoms with van der Waals surface area (Å²) in [4.78, 5) is 22.1. The molecule has 21 heavy (non-hydrogen) atoms. The third kappa shape index (κ3) is 5.23. The molecular formula is C11H10BrF3N2O4. The van der Waals surface area contributed by atoms with E-state index in [4.69, 9.17) is 10.2 Å². The molecule has 0 aliphatic heterocycles. The highest BCUT2D eigenvalue weighted by atomic mass is 79.9. The van der Waals surface area contributed by atoms with Crippen LogP contribution in [-0.2, 0) is 11.0 Å². The van der Waals surface area contributed by atoms with Crippen molar-refractivity contribution in [1.82, 2.24) is 5.32 Å². The summed E-state index contributed by atoms with van der Waals surface area (Å²) in [5, 5.41) is 21.3. The molecule has 0 aliphatic rings. The Morgan fingerprint density at radius 1 is 1.29 bits per heavy atom. The first-order valence-corrected chi connectivity index (χ1v) is 6.21. The van der Waals surface area contributed by atoms with Crippen LogP contribution in [0.1, 0.15) is 5.56 Å². The second-order valence-corrected chi connectivity index (χ2v) is 4.81. The number of alkyl halides is 3. The largest absolute Gasteiger partial charge is 0.480 e. The van der Waals surface area contributed by atoms with E-state index >= 15 is 0 Å². The van der Waals surface area contributed by atoms with Gasteiger partial charge in [-0.2, -0.15) is 13.2 Å². The lowest BCUT2D eigenvalue weighted by molar-refractivity contribution is -0.140. The molecule has 0 heterocycles. The van der Waals surface area contributed by atoms with Crippen molar-refractivity contribution >= 4 is 33.6 Å². The Balaban J connectivity index is 2.86. The molecule has 2 amide bonds. The molecule has 0 aromatic heterocycles. The summed E-state index contributed by atoms with van der Waals surface area (Å²) < 4.78 is 37.9. The van der Waals surface area contributed by atoms with Crippen LogP contribution in [0.4, 0.5) is 23.7 Å². The first kappa shape index (κ1) is 17.2. The van der Waals surface area contributed by atoms with E-state index in [0.29, 0.717) is 6.07 Å². The molecule has 0 saturated heterocycles. The molecule has 0 aliphatic carbocycles. The average molecular weight is 371 g/mol. The van der Waals surface area contributed by atoms with Crippen LogP contribution in [-0.4, -0.2) is 34.9 Å². The molecule has 0 bridgehead atoms. The molecule has 0 spiro atoms. The lowest BCUT2D eigenvalue weighted by Crippen LogP contribution is -2.45. The van der Waals surface area contributed by atoms with Crippen molar-refractivity contribution in [2.24, 2.45) is 0 Å². The van der Waals surface area contributed by atoms with E-state index in [1.54, 1.807) is 0 Å². The number of benzene rings is 1. The van der Waals surface area contributed by atoms with E-state index < -0.39 is 36.4 Å². The minimum Gasteiger partial charge on any atom is -0.480 e. The first-order valence-electron chi connectivity index (χ1n) is 5.42. The Labute approximate surface area is 125 Å². The van der Waals surface area contributed by atoms with Crippen molar-refractivity contribution < 1.29 is 33.0 Å². The van der Waals surface area contributed by atoms with E-state index in [0.717, 1.165) is 6.07 Å². The van der Waals surface area contributed by atoms with Gasteiger partial charge in [0.2, 0.25) is 0 Å². The number of aliphatic carboxylic acids is 1. The summed E-state index contributed by atoms with van der Waals surface area (Å²) in [6.07, 6.45) is -4.59. The molecule has 4 N–H and O–H groups in total. The van der Waals surface area contributed by atoms with Gasteiger partial charge in [0.1, 0.15) is 0 Å². The maximum absolute atomic E-state index is 12.6. The number of hydrogen-bond donors (Lipinski definition) is 4. The van der Waals surface area contributed by atoms with Crippen molar-refractivity contribution in [2.45, 2.75) is 12.2 Å². The number of hydrogen-bond acceptors (Lipinski definition) is 3. The van der Waals surface area contributed by atoms with Crippen LogP contribution in [0, 0.1) is 0 Å². The van der Waals surface area contributed by atoms with Crippen molar-refractivity contribution in [3.8, 4) is 0 Å². The zero-order chi connectivity index (χ0) is 16.2. The fourth-order valence-electron chi connectivity index (χ4n) is 1.34. The summed E-state index contributed by atoms with van der Waals surface area (Å²) in [6, 6.07) is 0.126. The van der Waals surface area contributed by atoms with E-state index in [1.165, 1.54) is 6.07 Å². The Kier molecular flexibility index (Phi) is 5.55. The summed E-state index contributed by atoms with van der Waals surface area (Å²) in [5.41, 5.74) is -1.17. The quantitative estimate of drug-likeness (QED) is 0.651. The van der Waals surface area contributed by atoms with Crippen molar-refractivity contribution in [3.05, 3.63) is 28.2 Å². The number of aliphatic hydroxyl groups excluding tert-OH is 1. The molecule has 1 aromatic carbocycles. The Bertz CT molecular complexity index is 551. The Morgan fingerprint density at radius 2 is 1.90 bits per heavy atom. The zero-order valence-corrected chi connectivity index (χ0v) is 11.8. The number of amides is 2. The predicted octanol–water partition coefficient (Wildman–Crippen LogP) is 2.03. The highest BCUT2D eigenvalue weighted by Crippen LogP contribution is 2.33. The molecule has 116 valence electrons. The van der Waals surface area contributed by atoms with Gasteiger partial charge in [-0.15, -0.1) is 0 Å². The predicted molar refractivity (Wildman–Crippen MR) is 69.8 cm³/mol. The van der Waals surface area contributed by atoms with Gasteiger partial charge in [-0.3, -0.25) is 0 Å². The van der Waals surface area contributed by atoms with E-state index in [9.17, 15) is 22.8 Å². The van der Waals surface area contributed by atoms with Gasteiger partial charge in [-0.1, -0.05) is 15.9 Å². The highest BCUT2D eigenvalue weighted by molar-refractivity contribution is 9.10. The van der Waals surface area contributed by atoms with E-state index in [-0.39, 0.29) is 10.2 Å². The number of carboxylic acid groups (broad SMARTS) is 1. The second kappa shape index (κ2) is 6.76. The fraction of sp³-hybridized carbons (Fsp3) is 0.273. The Hall–Kier alpha value is -1.81. The number of rotatable bonds is 4. The maximum Gasteiger partial charge on any atom is 0.416 e. The molecular weight excluding hydrogens is 361 g/mol. The maximum atomic E-state index is 12.6. The van der Waals surface area contributed by atoms with Crippen LogP contribution in [0.5, 0.6) is 0 Å². The molecule has 1 unspecified atom stereocenters. The molecule has 0 saturated carbocycles. The Morgan fingerprint density at radius 3 is 2.38 bits per heavy atom. The molecule has 1 atom stereocenters. The SMILES string of the molecule is O=C(Nc1cc(Br)cc(C(F)(F)F)c1)NC(CO)C(=O)O. The molecule has 1 aromatic rings. The lowest BCUT2D eigenvalue weighted by atomic mass is 10.2. The monoisotopic (exact) mass is 370 g/mol. The summed E-state index contributed by atoms with van der Waals surface area (Å²) >= 11 is 2.88. The number of urea groups is 1. The standard InChI is InChI=1S/C11H10BrF3N2O4/c12-6-1-5(11(13,14)15)2-7(3-6)16-10(21)17-8(4-18)9(19)20/h1-3,8,18H,4H2,(H,19,20)(H2,16,17,21). The minimum absolute atomic E-state index is 0.0876. The number of carbonyl (C=O) groups excluding carboxylic acids is 1. The van der Waals surface area contributed by atoms with Gasteiger partial charge >= 0.3 is 18.2 Å². The topological polar surface area (TPSA) is 98.7 Å².